The summed E-state index contributed by atoms with van der Waals surface area (Å²) >= 11 is 0. The number of imide groups is 1. The van der Waals surface area contributed by atoms with Crippen LogP contribution in [0.4, 0.5) is 4.79 Å². The highest BCUT2D eigenvalue weighted by atomic mass is 32.2. The number of sulfonamides is 1. The highest BCUT2D eigenvalue weighted by Crippen LogP contribution is 2.24. The second-order valence-electron chi connectivity index (χ2n) is 8.55. The smallest absolute Gasteiger partial charge is 0.323 e. The number of nitrogens with one attached hydrogen (secondary N) is 2. The topological polar surface area (TPSA) is 91.2 Å². The maximum absolute atomic E-state index is 12.9. The van der Waals surface area contributed by atoms with Crippen LogP contribution in [0.25, 0.3) is 0 Å². The molecule has 0 aromatic heterocycles. The van der Waals surface area contributed by atoms with Crippen molar-refractivity contribution in [1.82, 2.24) is 14.5 Å². The van der Waals surface area contributed by atoms with Gasteiger partial charge in [-0.15, -0.1) is 0 Å². The number of carbonyl (C=O) groups is 2. The van der Waals surface area contributed by atoms with Crippen LogP contribution in [-0.2, 0) is 14.8 Å². The molecule has 0 bridgehead atoms. The monoisotopic (exact) mass is 423 g/mol. The van der Waals surface area contributed by atoms with Crippen molar-refractivity contribution in [2.45, 2.75) is 44.0 Å². The fourth-order valence-corrected chi connectivity index (χ4v) is 5.27. The number of piperazine rings is 1. The number of benzene rings is 1. The first-order valence-corrected chi connectivity index (χ1v) is 11.6. The number of urea groups is 1. The van der Waals surface area contributed by atoms with Gasteiger partial charge in [0, 0.05) is 0 Å². The lowest BCUT2D eigenvalue weighted by atomic mass is 9.92. The van der Waals surface area contributed by atoms with Gasteiger partial charge < -0.3 is 10.2 Å². The highest BCUT2D eigenvalue weighted by Gasteiger charge is 2.49. The van der Waals surface area contributed by atoms with E-state index in [0.29, 0.717) is 43.4 Å². The summed E-state index contributed by atoms with van der Waals surface area (Å²) < 4.78 is 27.0. The summed E-state index contributed by atoms with van der Waals surface area (Å²) in [6.45, 7) is 8.06. The lowest BCUT2D eigenvalue weighted by molar-refractivity contribution is -0.910. The molecule has 1 atom stereocenters. The van der Waals surface area contributed by atoms with E-state index < -0.39 is 15.6 Å². The standard InChI is InChI=1S/C20H30N4O4S/c1-16(2)9-10-20(3)18(25)24(19(26)21-20)15-22-11-13-23(14-12-22)29(27,28)17-7-5-4-6-8-17/h4-8,16H,9-15H2,1-3H3,(H,21,26)/p+1/t20-/m0/s1. The molecule has 2 heterocycles. The first-order chi connectivity index (χ1) is 13.6. The molecule has 2 N–H and O–H groups in total. The third-order valence-corrected chi connectivity index (χ3v) is 7.67. The van der Waals surface area contributed by atoms with E-state index in [2.05, 4.69) is 19.2 Å². The van der Waals surface area contributed by atoms with E-state index in [0.717, 1.165) is 11.3 Å². The fourth-order valence-electron chi connectivity index (χ4n) is 3.80. The summed E-state index contributed by atoms with van der Waals surface area (Å²) in [5.41, 5.74) is -0.848. The molecule has 0 radical (unpaired) electrons. The largest absolute Gasteiger partial charge is 0.329 e. The van der Waals surface area contributed by atoms with Crippen LogP contribution in [0.5, 0.6) is 0 Å². The first kappa shape index (κ1) is 21.7. The molecule has 0 saturated carbocycles. The number of quaternary nitrogens is 1. The van der Waals surface area contributed by atoms with Gasteiger partial charge in [0.15, 0.2) is 6.67 Å². The number of hydrogen-bond donors (Lipinski definition) is 2. The average Bonchev–Trinajstić information content (AvgIpc) is 2.91. The molecule has 29 heavy (non-hydrogen) atoms. The van der Waals surface area contributed by atoms with E-state index >= 15 is 0 Å². The van der Waals surface area contributed by atoms with Crippen molar-refractivity contribution in [3.05, 3.63) is 30.3 Å². The number of hydrogen-bond acceptors (Lipinski definition) is 4. The molecule has 9 heteroatoms. The normalized spacial score (nSPS) is 24.3. The van der Waals surface area contributed by atoms with Gasteiger partial charge in [0.1, 0.15) is 5.54 Å². The van der Waals surface area contributed by atoms with Crippen molar-refractivity contribution in [3.8, 4) is 0 Å². The maximum atomic E-state index is 12.9. The first-order valence-electron chi connectivity index (χ1n) is 10.2. The quantitative estimate of drug-likeness (QED) is 0.617. The highest BCUT2D eigenvalue weighted by molar-refractivity contribution is 7.89. The number of rotatable bonds is 7. The zero-order valence-corrected chi connectivity index (χ0v) is 18.2. The Morgan fingerprint density at radius 2 is 1.76 bits per heavy atom. The predicted molar refractivity (Wildman–Crippen MR) is 109 cm³/mol. The molecule has 2 aliphatic heterocycles. The van der Waals surface area contributed by atoms with Crippen molar-refractivity contribution in [2.24, 2.45) is 5.92 Å². The van der Waals surface area contributed by atoms with E-state index in [4.69, 9.17) is 0 Å². The Morgan fingerprint density at radius 3 is 2.34 bits per heavy atom. The van der Waals surface area contributed by atoms with Gasteiger partial charge in [0.25, 0.3) is 5.91 Å². The van der Waals surface area contributed by atoms with Gasteiger partial charge in [-0.1, -0.05) is 32.0 Å². The summed E-state index contributed by atoms with van der Waals surface area (Å²) in [6.07, 6.45) is 1.48. The lowest BCUT2D eigenvalue weighted by Gasteiger charge is -2.33. The summed E-state index contributed by atoms with van der Waals surface area (Å²) in [5.74, 6) is 0.269. The van der Waals surface area contributed by atoms with E-state index in [1.807, 2.05) is 0 Å². The van der Waals surface area contributed by atoms with Crippen LogP contribution in [0.1, 0.15) is 33.6 Å². The third kappa shape index (κ3) is 4.62. The van der Waals surface area contributed by atoms with Crippen LogP contribution in [0.2, 0.25) is 0 Å². The van der Waals surface area contributed by atoms with Gasteiger partial charge in [-0.05, 0) is 37.8 Å². The third-order valence-electron chi connectivity index (χ3n) is 5.76. The van der Waals surface area contributed by atoms with Crippen LogP contribution < -0.4 is 10.2 Å². The van der Waals surface area contributed by atoms with Gasteiger partial charge in [-0.25, -0.2) is 18.1 Å². The minimum atomic E-state index is -3.51. The van der Waals surface area contributed by atoms with E-state index in [1.54, 1.807) is 37.3 Å². The molecule has 2 aliphatic rings. The second kappa shape index (κ2) is 8.41. The molecule has 0 unspecified atom stereocenters. The molecule has 3 rings (SSSR count). The summed E-state index contributed by atoms with van der Waals surface area (Å²) in [7, 11) is -3.51. The van der Waals surface area contributed by atoms with Crippen LogP contribution in [0.3, 0.4) is 0 Å². The van der Waals surface area contributed by atoms with Crippen LogP contribution in [-0.4, -0.2) is 67.9 Å². The van der Waals surface area contributed by atoms with Gasteiger partial charge >= 0.3 is 6.03 Å². The zero-order valence-electron chi connectivity index (χ0n) is 17.3. The summed E-state index contributed by atoms with van der Waals surface area (Å²) in [5, 5.41) is 2.85. The van der Waals surface area contributed by atoms with Crippen molar-refractivity contribution in [1.29, 1.82) is 0 Å². The summed E-state index contributed by atoms with van der Waals surface area (Å²) in [4.78, 5) is 27.9. The van der Waals surface area contributed by atoms with Crippen molar-refractivity contribution < 1.29 is 22.9 Å². The Bertz CT molecular complexity index is 850. The number of carbonyl (C=O) groups excluding carboxylic acids is 2. The fraction of sp³-hybridized carbons (Fsp3) is 0.600. The second-order valence-corrected chi connectivity index (χ2v) is 10.5. The van der Waals surface area contributed by atoms with Crippen molar-refractivity contribution in [3.63, 3.8) is 0 Å². The Balaban J connectivity index is 1.58. The lowest BCUT2D eigenvalue weighted by Crippen LogP contribution is -3.16. The molecule has 2 fully saturated rings. The average molecular weight is 424 g/mol. The predicted octanol–water partition coefficient (Wildman–Crippen LogP) is 0.280. The molecular weight excluding hydrogens is 392 g/mol. The van der Waals surface area contributed by atoms with Crippen molar-refractivity contribution in [2.75, 3.05) is 32.8 Å². The number of nitrogens with zero attached hydrogens (tertiary/aromatic N) is 2. The van der Waals surface area contributed by atoms with E-state index in [-0.39, 0.29) is 18.6 Å². The van der Waals surface area contributed by atoms with Crippen molar-refractivity contribution >= 4 is 22.0 Å². The molecule has 0 spiro atoms. The Labute approximate surface area is 172 Å². The SMILES string of the molecule is CC(C)CC[C@]1(C)NC(=O)N(C[NH+]2CCN(S(=O)(=O)c3ccccc3)CC2)C1=O. The van der Waals surface area contributed by atoms with Gasteiger partial charge in [0.2, 0.25) is 10.0 Å². The summed E-state index contributed by atoms with van der Waals surface area (Å²) in [6, 6.07) is 8.05. The molecular formula is C20H31N4O4S+. The minimum absolute atomic E-state index is 0.185. The van der Waals surface area contributed by atoms with Gasteiger partial charge in [-0.2, -0.15) is 4.31 Å². The van der Waals surface area contributed by atoms with E-state index in [9.17, 15) is 18.0 Å². The zero-order chi connectivity index (χ0) is 21.2. The molecule has 160 valence electrons. The maximum Gasteiger partial charge on any atom is 0.329 e. The van der Waals surface area contributed by atoms with E-state index in [1.165, 1.54) is 9.21 Å². The molecule has 1 aromatic carbocycles. The molecule has 1 aromatic rings. The number of amides is 3. The van der Waals surface area contributed by atoms with Crippen LogP contribution >= 0.6 is 0 Å². The van der Waals surface area contributed by atoms with Crippen LogP contribution in [0, 0.1) is 5.92 Å². The molecule has 2 saturated heterocycles. The van der Waals surface area contributed by atoms with Gasteiger partial charge in [0.05, 0.1) is 31.1 Å². The Kier molecular flexibility index (Phi) is 6.30. The minimum Gasteiger partial charge on any atom is -0.323 e. The Morgan fingerprint density at radius 1 is 1.14 bits per heavy atom. The molecule has 8 nitrogen and oxygen atoms in total. The Hall–Kier alpha value is -1.97. The molecule has 3 amide bonds. The van der Waals surface area contributed by atoms with Crippen LogP contribution in [0.15, 0.2) is 35.2 Å². The molecule has 0 aliphatic carbocycles. The van der Waals surface area contributed by atoms with Gasteiger partial charge in [-0.3, -0.25) is 4.79 Å².